The van der Waals surface area contributed by atoms with Crippen LogP contribution in [0.1, 0.15) is 59.8 Å². The predicted octanol–water partition coefficient (Wildman–Crippen LogP) is 3.42. The van der Waals surface area contributed by atoms with Crippen LogP contribution in [0.25, 0.3) is 0 Å². The maximum Gasteiger partial charge on any atom is 0.335 e. The first-order valence-electron chi connectivity index (χ1n) is 6.48. The van der Waals surface area contributed by atoms with Gasteiger partial charge in [-0.05, 0) is 26.2 Å². The van der Waals surface area contributed by atoms with Gasteiger partial charge in [0, 0.05) is 11.0 Å². The van der Waals surface area contributed by atoms with Crippen LogP contribution in [0.2, 0.25) is 0 Å². The van der Waals surface area contributed by atoms with Crippen LogP contribution < -0.4 is 0 Å². The highest BCUT2D eigenvalue weighted by molar-refractivity contribution is 5.87. The van der Waals surface area contributed by atoms with Crippen LogP contribution in [0.5, 0.6) is 0 Å². The molecule has 100 valence electrons. The molecule has 0 fully saturated rings. The second-order valence-corrected chi connectivity index (χ2v) is 4.71. The summed E-state index contributed by atoms with van der Waals surface area (Å²) in [6.07, 6.45) is 3.55. The largest absolute Gasteiger partial charge is 0.432 e. The quantitative estimate of drug-likeness (QED) is 0.403. The molecular weight excluding hydrogens is 216 g/mol. The molecule has 0 aromatic carbocycles. The Kier molecular flexibility index (Phi) is 7.12. The summed E-state index contributed by atoms with van der Waals surface area (Å²) in [6.45, 7) is 11.3. The van der Waals surface area contributed by atoms with Crippen LogP contribution in [-0.2, 0) is 9.53 Å². The minimum atomic E-state index is -1.03. The molecule has 0 rings (SSSR count). The van der Waals surface area contributed by atoms with Crippen molar-refractivity contribution in [2.45, 2.75) is 66.1 Å². The fourth-order valence-corrected chi connectivity index (χ4v) is 1.93. The summed E-state index contributed by atoms with van der Waals surface area (Å²) in [7, 11) is 0. The molecule has 0 spiro atoms. The Morgan fingerprint density at radius 3 is 2.24 bits per heavy atom. The van der Waals surface area contributed by atoms with Gasteiger partial charge in [-0.1, -0.05) is 40.2 Å². The minimum absolute atomic E-state index is 0.318. The SMILES string of the molecule is C=C(C)C(=O)OC(O)C(CC)(CC)CCCC. The zero-order chi connectivity index (χ0) is 13.5. The number of hydrogen-bond acceptors (Lipinski definition) is 3. The van der Waals surface area contributed by atoms with E-state index in [1.807, 2.05) is 13.8 Å². The van der Waals surface area contributed by atoms with Crippen LogP contribution in [0.4, 0.5) is 0 Å². The van der Waals surface area contributed by atoms with Gasteiger partial charge in [0.25, 0.3) is 0 Å². The van der Waals surface area contributed by atoms with E-state index in [0.717, 1.165) is 32.1 Å². The van der Waals surface area contributed by atoms with Crippen molar-refractivity contribution in [1.29, 1.82) is 0 Å². The zero-order valence-corrected chi connectivity index (χ0v) is 11.6. The number of ether oxygens (including phenoxy) is 1. The van der Waals surface area contributed by atoms with E-state index in [1.165, 1.54) is 0 Å². The monoisotopic (exact) mass is 242 g/mol. The molecule has 0 saturated heterocycles. The van der Waals surface area contributed by atoms with Crippen molar-refractivity contribution < 1.29 is 14.6 Å². The molecule has 0 aliphatic heterocycles. The Morgan fingerprint density at radius 2 is 1.88 bits per heavy atom. The molecule has 3 heteroatoms. The van der Waals surface area contributed by atoms with E-state index >= 15 is 0 Å². The third-order valence-electron chi connectivity index (χ3n) is 3.53. The summed E-state index contributed by atoms with van der Waals surface area (Å²) in [5.74, 6) is -0.514. The van der Waals surface area contributed by atoms with Gasteiger partial charge in [-0.15, -0.1) is 0 Å². The Morgan fingerprint density at radius 1 is 1.35 bits per heavy atom. The van der Waals surface area contributed by atoms with Gasteiger partial charge in [0.15, 0.2) is 0 Å². The van der Waals surface area contributed by atoms with Crippen LogP contribution in [0.3, 0.4) is 0 Å². The van der Waals surface area contributed by atoms with E-state index in [0.29, 0.717) is 5.57 Å². The summed E-state index contributed by atoms with van der Waals surface area (Å²) in [5.41, 5.74) is 0.00171. The molecule has 1 N–H and O–H groups in total. The highest BCUT2D eigenvalue weighted by Crippen LogP contribution is 2.37. The van der Waals surface area contributed by atoms with E-state index in [2.05, 4.69) is 13.5 Å². The summed E-state index contributed by atoms with van der Waals surface area (Å²) >= 11 is 0. The number of aliphatic hydroxyl groups excluding tert-OH is 1. The molecule has 0 aromatic rings. The smallest absolute Gasteiger partial charge is 0.335 e. The van der Waals surface area contributed by atoms with Crippen molar-refractivity contribution in [2.24, 2.45) is 5.41 Å². The maximum atomic E-state index is 11.4. The Hall–Kier alpha value is -0.830. The lowest BCUT2D eigenvalue weighted by Gasteiger charge is -2.35. The van der Waals surface area contributed by atoms with E-state index in [-0.39, 0.29) is 5.41 Å². The topological polar surface area (TPSA) is 46.5 Å². The highest BCUT2D eigenvalue weighted by atomic mass is 16.6. The normalized spacial score (nSPS) is 13.2. The fourth-order valence-electron chi connectivity index (χ4n) is 1.93. The highest BCUT2D eigenvalue weighted by Gasteiger charge is 2.36. The molecule has 0 heterocycles. The molecule has 0 aromatic heterocycles. The molecule has 17 heavy (non-hydrogen) atoms. The molecule has 0 radical (unpaired) electrons. The molecule has 1 atom stereocenters. The standard InChI is InChI=1S/C14H26O3/c1-6-9-10-14(7-2,8-3)13(16)17-12(15)11(4)5/h13,16H,4,6-10H2,1-3,5H3. The molecule has 0 bridgehead atoms. The molecular formula is C14H26O3. The molecule has 3 nitrogen and oxygen atoms in total. The van der Waals surface area contributed by atoms with Crippen LogP contribution >= 0.6 is 0 Å². The fraction of sp³-hybridized carbons (Fsp3) is 0.786. The molecule has 0 saturated carbocycles. The number of carbonyl (C=O) groups excluding carboxylic acids is 1. The van der Waals surface area contributed by atoms with Crippen molar-refractivity contribution in [2.75, 3.05) is 0 Å². The second kappa shape index (κ2) is 7.49. The number of aliphatic hydroxyl groups is 1. The predicted molar refractivity (Wildman–Crippen MR) is 69.5 cm³/mol. The third-order valence-corrected chi connectivity index (χ3v) is 3.53. The third kappa shape index (κ3) is 4.50. The Balaban J connectivity index is 4.68. The molecule has 0 aliphatic carbocycles. The summed E-state index contributed by atoms with van der Waals surface area (Å²) in [6, 6.07) is 0. The number of esters is 1. The first-order chi connectivity index (χ1) is 7.93. The van der Waals surface area contributed by atoms with Crippen LogP contribution in [0.15, 0.2) is 12.2 Å². The van der Waals surface area contributed by atoms with Gasteiger partial charge in [0.2, 0.25) is 6.29 Å². The van der Waals surface area contributed by atoms with Gasteiger partial charge in [0.1, 0.15) is 0 Å². The first kappa shape index (κ1) is 16.2. The average Bonchev–Trinajstić information content (AvgIpc) is 2.31. The van der Waals surface area contributed by atoms with Crippen LogP contribution in [-0.4, -0.2) is 17.4 Å². The van der Waals surface area contributed by atoms with Gasteiger partial charge in [-0.3, -0.25) is 0 Å². The number of unbranched alkanes of at least 4 members (excludes halogenated alkanes) is 1. The second-order valence-electron chi connectivity index (χ2n) is 4.71. The lowest BCUT2D eigenvalue weighted by Crippen LogP contribution is -2.38. The van der Waals surface area contributed by atoms with Crippen molar-refractivity contribution in [1.82, 2.24) is 0 Å². The van der Waals surface area contributed by atoms with Crippen LogP contribution in [0, 0.1) is 5.41 Å². The number of rotatable bonds is 8. The zero-order valence-electron chi connectivity index (χ0n) is 11.6. The average molecular weight is 242 g/mol. The molecule has 0 aliphatic rings. The maximum absolute atomic E-state index is 11.4. The van der Waals surface area contributed by atoms with Gasteiger partial charge in [0.05, 0.1) is 0 Å². The van der Waals surface area contributed by atoms with Crippen molar-refractivity contribution in [3.63, 3.8) is 0 Å². The van der Waals surface area contributed by atoms with Gasteiger partial charge < -0.3 is 9.84 Å². The van der Waals surface area contributed by atoms with E-state index < -0.39 is 12.3 Å². The van der Waals surface area contributed by atoms with Crippen molar-refractivity contribution in [3.8, 4) is 0 Å². The van der Waals surface area contributed by atoms with Gasteiger partial charge in [-0.25, -0.2) is 4.79 Å². The van der Waals surface area contributed by atoms with Crippen molar-refractivity contribution >= 4 is 5.97 Å². The summed E-state index contributed by atoms with van der Waals surface area (Å²) in [4.78, 5) is 11.4. The van der Waals surface area contributed by atoms with E-state index in [4.69, 9.17) is 4.74 Å². The Bertz CT molecular complexity index is 254. The molecule has 0 amide bonds. The lowest BCUT2D eigenvalue weighted by atomic mass is 9.77. The summed E-state index contributed by atoms with van der Waals surface area (Å²) in [5, 5.41) is 10.1. The van der Waals surface area contributed by atoms with E-state index in [9.17, 15) is 9.90 Å². The van der Waals surface area contributed by atoms with Gasteiger partial charge in [-0.2, -0.15) is 0 Å². The number of hydrogen-bond donors (Lipinski definition) is 1. The summed E-state index contributed by atoms with van der Waals surface area (Å²) < 4.78 is 5.07. The lowest BCUT2D eigenvalue weighted by molar-refractivity contribution is -0.192. The van der Waals surface area contributed by atoms with Crippen molar-refractivity contribution in [3.05, 3.63) is 12.2 Å². The Labute approximate surface area is 105 Å². The van der Waals surface area contributed by atoms with E-state index in [1.54, 1.807) is 6.92 Å². The number of carbonyl (C=O) groups is 1. The van der Waals surface area contributed by atoms with Gasteiger partial charge >= 0.3 is 5.97 Å². The first-order valence-corrected chi connectivity index (χ1v) is 6.48. The molecule has 1 unspecified atom stereocenters. The minimum Gasteiger partial charge on any atom is -0.432 e.